The maximum absolute atomic E-state index is 4.59. The van der Waals surface area contributed by atoms with E-state index in [1.807, 2.05) is 20.8 Å². The molecule has 7 heteroatoms. The van der Waals surface area contributed by atoms with Crippen molar-refractivity contribution in [2.24, 2.45) is 0 Å². The molecule has 0 unspecified atom stereocenters. The summed E-state index contributed by atoms with van der Waals surface area (Å²) in [7, 11) is 0. The Labute approximate surface area is 139 Å². The van der Waals surface area contributed by atoms with E-state index in [4.69, 9.17) is 0 Å². The average Bonchev–Trinajstić information content (AvgIpc) is 1.21. The molecule has 0 N–H and O–H groups in total. The van der Waals surface area contributed by atoms with Gasteiger partial charge in [-0.15, -0.1) is 5.54 Å². The molecule has 0 aliphatic rings. The van der Waals surface area contributed by atoms with Crippen LogP contribution in [0, 0.1) is 0 Å². The molecular formula is C5H9Br2Mg2NS2. The van der Waals surface area contributed by atoms with Gasteiger partial charge in [0.15, 0.2) is 0 Å². The second-order valence-electron chi connectivity index (χ2n) is 2.55. The van der Waals surface area contributed by atoms with Gasteiger partial charge in [0.25, 0.3) is 0 Å². The molecule has 0 bridgehead atoms. The van der Waals surface area contributed by atoms with Crippen LogP contribution in [-0.2, 0) is 12.6 Å². The topological polar surface area (TPSA) is 14.1 Å². The van der Waals surface area contributed by atoms with Crippen LogP contribution in [0.1, 0.15) is 20.8 Å². The molecule has 0 heterocycles. The number of thiocarbonyl (C=S) groups is 1. The van der Waals surface area contributed by atoms with Gasteiger partial charge in [-0.25, -0.2) is 0 Å². The van der Waals surface area contributed by atoms with Gasteiger partial charge in [0, 0.05) is 0 Å². The second kappa shape index (κ2) is 13.6. The van der Waals surface area contributed by atoms with Crippen molar-refractivity contribution in [1.82, 2.24) is 0 Å². The van der Waals surface area contributed by atoms with E-state index in [1.165, 1.54) is 0 Å². The van der Waals surface area contributed by atoms with E-state index in [1.54, 1.807) is 0 Å². The summed E-state index contributed by atoms with van der Waals surface area (Å²) >= 11 is 9.18. The summed E-state index contributed by atoms with van der Waals surface area (Å²) in [4.78, 5) is 0. The van der Waals surface area contributed by atoms with Gasteiger partial charge in [0.05, 0.1) is 0 Å². The molecule has 12 heavy (non-hydrogen) atoms. The summed E-state index contributed by atoms with van der Waals surface area (Å²) in [6.07, 6.45) is 0. The predicted octanol–water partition coefficient (Wildman–Crippen LogP) is -4.76. The third-order valence-electron chi connectivity index (χ3n) is 0.427. The minimum absolute atomic E-state index is 0. The van der Waals surface area contributed by atoms with E-state index < -0.39 is 0 Å². The zero-order valence-electron chi connectivity index (χ0n) is 7.43. The number of hydrogen-bond acceptors (Lipinski definition) is 2. The Morgan fingerprint density at radius 1 is 1.17 bits per heavy atom. The molecule has 0 aliphatic carbocycles. The van der Waals surface area contributed by atoms with Crippen molar-refractivity contribution in [1.29, 1.82) is 0 Å². The SMILES string of the molecule is CC(C)(C)[N-]C(=S)[S-].[Br-].[Br-].[Mg+2].[Mg+2]. The van der Waals surface area contributed by atoms with Gasteiger partial charge >= 0.3 is 46.1 Å². The molecule has 0 rings (SSSR count). The third-order valence-corrected chi connectivity index (χ3v) is 0.609. The fraction of sp³-hybridized carbons (Fsp3) is 0.800. The van der Waals surface area contributed by atoms with E-state index in [0.717, 1.165) is 0 Å². The maximum atomic E-state index is 4.59. The van der Waals surface area contributed by atoms with Crippen molar-refractivity contribution >= 4 is 75.3 Å². The summed E-state index contributed by atoms with van der Waals surface area (Å²) in [5.74, 6) is 0. The van der Waals surface area contributed by atoms with Gasteiger partial charge in [-0.1, -0.05) is 20.8 Å². The minimum atomic E-state index is -0.0984. The van der Waals surface area contributed by atoms with Crippen LogP contribution in [0.5, 0.6) is 0 Å². The molecule has 0 aromatic rings. The Hall–Kier alpha value is 2.60. The standard InChI is InChI=1S/C5H11NS2.2BrH.2Mg/c1-5(2,3)6-4(7)8;;;;/h1-3H3,(H2,6,7,8);2*1H;;/q;;;2*+2/p-4. The predicted molar refractivity (Wildman–Crippen MR) is 54.6 cm³/mol. The number of nitrogens with zero attached hydrogens (tertiary/aromatic N) is 1. The molecular weight excluding hydrogens is 347 g/mol. The van der Waals surface area contributed by atoms with Crippen LogP contribution in [0.15, 0.2) is 0 Å². The first kappa shape index (κ1) is 29.3. The zero-order chi connectivity index (χ0) is 6.78. The van der Waals surface area contributed by atoms with Crippen LogP contribution in [-0.4, -0.2) is 56.0 Å². The van der Waals surface area contributed by atoms with Crippen molar-refractivity contribution < 1.29 is 34.0 Å². The Balaban J connectivity index is -0.0000000408. The van der Waals surface area contributed by atoms with Gasteiger partial charge in [-0.05, 0) is 0 Å². The van der Waals surface area contributed by atoms with Crippen LogP contribution < -0.4 is 34.0 Å². The van der Waals surface area contributed by atoms with E-state index in [2.05, 4.69) is 30.2 Å². The molecule has 0 spiro atoms. The molecule has 0 aromatic carbocycles. The number of halogens is 2. The van der Waals surface area contributed by atoms with Crippen LogP contribution in [0.4, 0.5) is 0 Å². The first-order chi connectivity index (χ1) is 3.42. The van der Waals surface area contributed by atoms with Crippen molar-refractivity contribution in [3.8, 4) is 0 Å². The van der Waals surface area contributed by atoms with E-state index in [0.29, 0.717) is 4.32 Å². The largest absolute Gasteiger partial charge is 2.00 e. The van der Waals surface area contributed by atoms with Crippen LogP contribution in [0.3, 0.4) is 0 Å². The second-order valence-corrected chi connectivity index (χ2v) is 3.58. The van der Waals surface area contributed by atoms with Gasteiger partial charge in [-0.2, -0.15) is 0 Å². The Morgan fingerprint density at radius 3 is 1.42 bits per heavy atom. The van der Waals surface area contributed by atoms with Gasteiger partial charge in [-0.3, -0.25) is 4.32 Å². The number of hydrogen-bond donors (Lipinski definition) is 0. The Bertz CT molecular complexity index is 108. The Kier molecular flexibility index (Phi) is 33.2. The van der Waals surface area contributed by atoms with Crippen molar-refractivity contribution in [2.75, 3.05) is 0 Å². The molecule has 0 aliphatic heterocycles. The molecule has 0 atom stereocenters. The summed E-state index contributed by atoms with van der Waals surface area (Å²) < 4.78 is 0.317. The van der Waals surface area contributed by atoms with Crippen LogP contribution >= 0.6 is 12.2 Å². The van der Waals surface area contributed by atoms with Crippen LogP contribution in [0.2, 0.25) is 0 Å². The minimum Gasteiger partial charge on any atom is -1.00 e. The molecule has 0 saturated heterocycles. The smallest absolute Gasteiger partial charge is 1.00 e. The van der Waals surface area contributed by atoms with E-state index in [9.17, 15) is 0 Å². The number of rotatable bonds is 0. The zero-order valence-corrected chi connectivity index (χ0v) is 15.1. The molecule has 1 nitrogen and oxygen atoms in total. The molecule has 0 saturated carbocycles. The van der Waals surface area contributed by atoms with Gasteiger partial charge < -0.3 is 64.1 Å². The van der Waals surface area contributed by atoms with E-state index in [-0.39, 0.29) is 85.6 Å². The quantitative estimate of drug-likeness (QED) is 0.246. The summed E-state index contributed by atoms with van der Waals surface area (Å²) in [6.45, 7) is 5.89. The van der Waals surface area contributed by atoms with E-state index >= 15 is 0 Å². The van der Waals surface area contributed by atoms with Gasteiger partial charge in [0.2, 0.25) is 0 Å². The molecule has 0 aromatic heterocycles. The first-order valence-electron chi connectivity index (χ1n) is 2.36. The fourth-order valence-electron chi connectivity index (χ4n) is 0.274. The van der Waals surface area contributed by atoms with Crippen molar-refractivity contribution in [2.45, 2.75) is 26.3 Å². The van der Waals surface area contributed by atoms with Crippen LogP contribution in [0.25, 0.3) is 5.32 Å². The molecule has 0 radical (unpaired) electrons. The summed E-state index contributed by atoms with van der Waals surface area (Å²) in [6, 6.07) is 0. The normalized spacial score (nSPS) is 7.25. The average molecular weight is 356 g/mol. The third kappa shape index (κ3) is 29.4. The monoisotopic (exact) mass is 353 g/mol. The molecule has 0 amide bonds. The summed E-state index contributed by atoms with van der Waals surface area (Å²) in [5, 5.41) is 3.96. The molecule has 0 fully saturated rings. The van der Waals surface area contributed by atoms with Gasteiger partial charge in [0.1, 0.15) is 0 Å². The van der Waals surface area contributed by atoms with Crippen molar-refractivity contribution in [3.05, 3.63) is 5.32 Å². The first-order valence-corrected chi connectivity index (χ1v) is 3.17. The fourth-order valence-corrected chi connectivity index (χ4v) is 0.822. The summed E-state index contributed by atoms with van der Waals surface area (Å²) in [5.41, 5.74) is -0.0984. The maximum Gasteiger partial charge on any atom is 2.00 e. The molecule has 64 valence electrons. The Morgan fingerprint density at radius 2 is 1.42 bits per heavy atom. The van der Waals surface area contributed by atoms with Crippen molar-refractivity contribution in [3.63, 3.8) is 0 Å².